The van der Waals surface area contributed by atoms with Crippen LogP contribution in [0.15, 0.2) is 36.4 Å². The second kappa shape index (κ2) is 8.13. The van der Waals surface area contributed by atoms with Crippen molar-refractivity contribution in [3.8, 4) is 0 Å². The Bertz CT molecular complexity index is 838. The van der Waals surface area contributed by atoms with E-state index in [1.165, 1.54) is 5.56 Å². The molecule has 1 unspecified atom stereocenters. The number of amides is 2. The Morgan fingerprint density at radius 2 is 1.70 bits per heavy atom. The van der Waals surface area contributed by atoms with Crippen molar-refractivity contribution in [1.29, 1.82) is 0 Å². The summed E-state index contributed by atoms with van der Waals surface area (Å²) >= 11 is 5.90. The van der Waals surface area contributed by atoms with Gasteiger partial charge in [0, 0.05) is 29.4 Å². The largest absolute Gasteiger partial charge is 0.338 e. The molecule has 1 aliphatic rings. The number of hydrogen-bond acceptors (Lipinski definition) is 2. The molecule has 27 heavy (non-hydrogen) atoms. The van der Waals surface area contributed by atoms with Crippen molar-refractivity contribution in [2.75, 3.05) is 18.4 Å². The highest BCUT2D eigenvalue weighted by Gasteiger charge is 2.29. The number of benzene rings is 2. The molecule has 1 aliphatic heterocycles. The standard InChI is InChI=1S/C22H25ClN2O2/c1-14-11-15(2)20(16(3)12-14)24-21(26)18-5-4-10-25(13-18)22(27)17-6-8-19(23)9-7-17/h6-9,11-12,18H,4-5,10,13H2,1-3H3,(H,24,26). The van der Waals surface area contributed by atoms with Crippen LogP contribution in [0.5, 0.6) is 0 Å². The fraction of sp³-hybridized carbons (Fsp3) is 0.364. The van der Waals surface area contributed by atoms with Crippen LogP contribution in [0.4, 0.5) is 5.69 Å². The quantitative estimate of drug-likeness (QED) is 0.829. The number of anilines is 1. The number of nitrogens with one attached hydrogen (secondary N) is 1. The van der Waals surface area contributed by atoms with E-state index in [9.17, 15) is 9.59 Å². The van der Waals surface area contributed by atoms with Gasteiger partial charge < -0.3 is 10.2 Å². The number of aryl methyl sites for hydroxylation is 3. The van der Waals surface area contributed by atoms with E-state index in [0.29, 0.717) is 23.7 Å². The maximum absolute atomic E-state index is 12.8. The summed E-state index contributed by atoms with van der Waals surface area (Å²) in [4.78, 5) is 27.3. The first-order valence-corrected chi connectivity index (χ1v) is 9.66. The molecule has 0 aromatic heterocycles. The van der Waals surface area contributed by atoms with Crippen molar-refractivity contribution in [2.45, 2.75) is 33.6 Å². The Balaban J connectivity index is 1.69. The topological polar surface area (TPSA) is 49.4 Å². The molecule has 1 atom stereocenters. The summed E-state index contributed by atoms with van der Waals surface area (Å²) < 4.78 is 0. The molecule has 1 heterocycles. The van der Waals surface area contributed by atoms with Crippen LogP contribution in [0.1, 0.15) is 39.9 Å². The highest BCUT2D eigenvalue weighted by Crippen LogP contribution is 2.25. The van der Waals surface area contributed by atoms with Gasteiger partial charge in [0.05, 0.1) is 5.92 Å². The van der Waals surface area contributed by atoms with E-state index in [1.54, 1.807) is 29.2 Å². The predicted octanol–water partition coefficient (Wildman–Crippen LogP) is 4.76. The number of halogens is 1. The van der Waals surface area contributed by atoms with Gasteiger partial charge in [-0.15, -0.1) is 0 Å². The molecule has 2 amide bonds. The molecule has 0 radical (unpaired) electrons. The summed E-state index contributed by atoms with van der Waals surface area (Å²) in [6, 6.07) is 11.0. The van der Waals surface area contributed by atoms with Gasteiger partial charge in [0.2, 0.25) is 5.91 Å². The number of rotatable bonds is 3. The minimum Gasteiger partial charge on any atom is -0.338 e. The predicted molar refractivity (Wildman–Crippen MR) is 109 cm³/mol. The summed E-state index contributed by atoms with van der Waals surface area (Å²) in [7, 11) is 0. The van der Waals surface area contributed by atoms with E-state index in [4.69, 9.17) is 11.6 Å². The zero-order valence-corrected chi connectivity index (χ0v) is 16.8. The summed E-state index contributed by atoms with van der Waals surface area (Å²) in [6.45, 7) is 7.18. The molecule has 2 aromatic rings. The van der Waals surface area contributed by atoms with Gasteiger partial charge in [-0.05, 0) is 69.0 Å². The van der Waals surface area contributed by atoms with Gasteiger partial charge in [-0.1, -0.05) is 29.3 Å². The number of carbonyl (C=O) groups is 2. The molecule has 1 fully saturated rings. The van der Waals surface area contributed by atoms with Gasteiger partial charge in [0.25, 0.3) is 5.91 Å². The van der Waals surface area contributed by atoms with Crippen LogP contribution in [-0.4, -0.2) is 29.8 Å². The minimum atomic E-state index is -0.199. The Kier molecular flexibility index (Phi) is 5.85. The third-order valence-corrected chi connectivity index (χ3v) is 5.35. The van der Waals surface area contributed by atoms with Crippen LogP contribution in [0.2, 0.25) is 5.02 Å². The highest BCUT2D eigenvalue weighted by atomic mass is 35.5. The molecular weight excluding hydrogens is 360 g/mol. The van der Waals surface area contributed by atoms with Crippen molar-refractivity contribution in [2.24, 2.45) is 5.92 Å². The van der Waals surface area contributed by atoms with Gasteiger partial charge in [0.1, 0.15) is 0 Å². The van der Waals surface area contributed by atoms with Gasteiger partial charge in [-0.2, -0.15) is 0 Å². The molecule has 142 valence electrons. The van der Waals surface area contributed by atoms with Gasteiger partial charge in [0.15, 0.2) is 0 Å². The van der Waals surface area contributed by atoms with Crippen molar-refractivity contribution in [3.05, 3.63) is 63.7 Å². The number of piperidine rings is 1. The van der Waals surface area contributed by atoms with E-state index in [-0.39, 0.29) is 17.7 Å². The minimum absolute atomic E-state index is 0.0151. The maximum Gasteiger partial charge on any atom is 0.253 e. The Morgan fingerprint density at radius 1 is 1.07 bits per heavy atom. The van der Waals surface area contributed by atoms with Crippen LogP contribution in [0.25, 0.3) is 0 Å². The number of nitrogens with zero attached hydrogens (tertiary/aromatic N) is 1. The Labute approximate surface area is 165 Å². The van der Waals surface area contributed by atoms with E-state index in [2.05, 4.69) is 17.4 Å². The molecule has 1 N–H and O–H groups in total. The van der Waals surface area contributed by atoms with Crippen LogP contribution in [0.3, 0.4) is 0 Å². The number of likely N-dealkylation sites (tertiary alicyclic amines) is 1. The summed E-state index contributed by atoms with van der Waals surface area (Å²) in [5.74, 6) is -0.263. The van der Waals surface area contributed by atoms with Gasteiger partial charge in [-0.3, -0.25) is 9.59 Å². The highest BCUT2D eigenvalue weighted by molar-refractivity contribution is 6.30. The van der Waals surface area contributed by atoms with Crippen LogP contribution < -0.4 is 5.32 Å². The van der Waals surface area contributed by atoms with Crippen LogP contribution in [-0.2, 0) is 4.79 Å². The third kappa shape index (κ3) is 4.51. The summed E-state index contributed by atoms with van der Waals surface area (Å²) in [5.41, 5.74) is 4.79. The first-order valence-electron chi connectivity index (χ1n) is 9.28. The first kappa shape index (κ1) is 19.4. The molecule has 1 saturated heterocycles. The summed E-state index contributed by atoms with van der Waals surface area (Å²) in [6.07, 6.45) is 1.61. The van der Waals surface area contributed by atoms with E-state index in [1.807, 2.05) is 20.8 Å². The van der Waals surface area contributed by atoms with Gasteiger partial charge in [-0.25, -0.2) is 0 Å². The zero-order valence-electron chi connectivity index (χ0n) is 16.0. The maximum atomic E-state index is 12.8. The summed E-state index contributed by atoms with van der Waals surface area (Å²) in [5, 5.41) is 3.69. The number of hydrogen-bond donors (Lipinski definition) is 1. The smallest absolute Gasteiger partial charge is 0.253 e. The van der Waals surface area contributed by atoms with Crippen molar-refractivity contribution >= 4 is 29.1 Å². The lowest BCUT2D eigenvalue weighted by Gasteiger charge is -2.32. The lowest BCUT2D eigenvalue weighted by atomic mass is 9.95. The number of carbonyl (C=O) groups excluding carboxylic acids is 2. The Morgan fingerprint density at radius 3 is 2.33 bits per heavy atom. The molecule has 0 spiro atoms. The monoisotopic (exact) mass is 384 g/mol. The fourth-order valence-electron chi connectivity index (χ4n) is 3.75. The van der Waals surface area contributed by atoms with Crippen LogP contribution >= 0.6 is 11.6 Å². The first-order chi connectivity index (χ1) is 12.8. The molecule has 4 nitrogen and oxygen atoms in total. The average molecular weight is 385 g/mol. The lowest BCUT2D eigenvalue weighted by molar-refractivity contribution is -0.121. The molecule has 0 saturated carbocycles. The molecular formula is C22H25ClN2O2. The lowest BCUT2D eigenvalue weighted by Crippen LogP contribution is -2.43. The average Bonchev–Trinajstić information content (AvgIpc) is 2.64. The van der Waals surface area contributed by atoms with Crippen molar-refractivity contribution < 1.29 is 9.59 Å². The third-order valence-electron chi connectivity index (χ3n) is 5.10. The normalized spacial score (nSPS) is 16.9. The molecule has 2 aromatic carbocycles. The second-order valence-electron chi connectivity index (χ2n) is 7.36. The van der Waals surface area contributed by atoms with Crippen molar-refractivity contribution in [1.82, 2.24) is 4.90 Å². The van der Waals surface area contributed by atoms with Crippen LogP contribution in [0, 0.1) is 26.7 Å². The fourth-order valence-corrected chi connectivity index (χ4v) is 3.88. The molecule has 5 heteroatoms. The molecule has 0 aliphatic carbocycles. The molecule has 0 bridgehead atoms. The second-order valence-corrected chi connectivity index (χ2v) is 7.80. The van der Waals surface area contributed by atoms with E-state index >= 15 is 0 Å². The molecule has 3 rings (SSSR count). The van der Waals surface area contributed by atoms with E-state index < -0.39 is 0 Å². The van der Waals surface area contributed by atoms with Gasteiger partial charge >= 0.3 is 0 Å². The zero-order chi connectivity index (χ0) is 19.6. The van der Waals surface area contributed by atoms with Crippen molar-refractivity contribution in [3.63, 3.8) is 0 Å². The Hall–Kier alpha value is -2.33. The van der Waals surface area contributed by atoms with E-state index in [0.717, 1.165) is 29.7 Å². The SMILES string of the molecule is Cc1cc(C)c(NC(=O)C2CCCN(C(=O)c3ccc(Cl)cc3)C2)c(C)c1.